The highest BCUT2D eigenvalue weighted by Crippen LogP contribution is 2.66. The Labute approximate surface area is 233 Å². The number of ether oxygens (including phenoxy) is 2. The first-order valence-corrected chi connectivity index (χ1v) is 10.9. The average Bonchev–Trinajstić information content (AvgIpc) is 2.86. The molecule has 5 atom stereocenters. The summed E-state index contributed by atoms with van der Waals surface area (Å²) in [6.45, 7) is -3.51. The molecule has 1 aliphatic rings. The summed E-state index contributed by atoms with van der Waals surface area (Å²) in [5.74, 6) is -78.1. The smallest absolute Gasteiger partial charge is 0.394 e. The van der Waals surface area contributed by atoms with Crippen molar-refractivity contribution in [1.29, 1.82) is 0 Å². The molecule has 4 N–H and O–H groups in total. The quantitative estimate of drug-likeness (QED) is 0.209. The van der Waals surface area contributed by atoms with Gasteiger partial charge in [0.1, 0.15) is 24.4 Å². The van der Waals surface area contributed by atoms with Crippen LogP contribution in [-0.4, -0.2) is 124 Å². The first kappa shape index (κ1) is 41.3. The molecule has 0 amide bonds. The molecule has 1 fully saturated rings. The second kappa shape index (κ2) is 11.8. The van der Waals surface area contributed by atoms with E-state index in [1.54, 1.807) is 0 Å². The van der Waals surface area contributed by atoms with Crippen LogP contribution in [0.1, 0.15) is 6.42 Å². The number of aliphatic hydroxyl groups is 4. The van der Waals surface area contributed by atoms with Gasteiger partial charge >= 0.3 is 59.5 Å². The Bertz CT molecular complexity index is 1030. The Morgan fingerprint density at radius 2 is 0.800 bits per heavy atom. The summed E-state index contributed by atoms with van der Waals surface area (Å²) in [5.41, 5.74) is 0. The zero-order chi connectivity index (χ0) is 36.4. The highest BCUT2D eigenvalue weighted by Gasteiger charge is 2.97. The summed E-state index contributed by atoms with van der Waals surface area (Å²) >= 11 is 0. The van der Waals surface area contributed by atoms with E-state index in [1.165, 1.54) is 0 Å². The number of hydrogen-bond acceptors (Lipinski definition) is 6. The summed E-state index contributed by atoms with van der Waals surface area (Å²) in [5, 5.41) is 37.4. The molecule has 0 saturated carbocycles. The van der Waals surface area contributed by atoms with E-state index in [4.69, 9.17) is 5.11 Å². The van der Waals surface area contributed by atoms with Gasteiger partial charge in [-0.2, -0.15) is 92.2 Å². The first-order valence-electron chi connectivity index (χ1n) is 10.9. The monoisotopic (exact) mass is 726 g/mol. The summed E-state index contributed by atoms with van der Waals surface area (Å²) in [4.78, 5) is 0. The van der Waals surface area contributed by atoms with Gasteiger partial charge in [-0.3, -0.25) is 0 Å². The van der Waals surface area contributed by atoms with Crippen molar-refractivity contribution < 1.29 is 122 Å². The second-order valence-electron chi connectivity index (χ2n) is 9.12. The molecule has 1 aliphatic heterocycles. The van der Waals surface area contributed by atoms with Crippen LogP contribution < -0.4 is 0 Å². The zero-order valence-electron chi connectivity index (χ0n) is 20.6. The maximum absolute atomic E-state index is 14.0. The van der Waals surface area contributed by atoms with Crippen molar-refractivity contribution in [1.82, 2.24) is 0 Å². The molecule has 270 valence electrons. The van der Waals surface area contributed by atoms with Gasteiger partial charge in [-0.05, 0) is 0 Å². The average molecular weight is 726 g/mol. The van der Waals surface area contributed by atoms with E-state index in [0.717, 1.165) is 0 Å². The Morgan fingerprint density at radius 3 is 1.13 bits per heavy atom. The highest BCUT2D eigenvalue weighted by atomic mass is 19.4. The molecule has 6 nitrogen and oxygen atoms in total. The molecule has 0 spiro atoms. The Balaban J connectivity index is 3.45. The number of hydrogen-bond donors (Lipinski definition) is 4. The van der Waals surface area contributed by atoms with Gasteiger partial charge in [0.05, 0.1) is 13.2 Å². The van der Waals surface area contributed by atoms with Gasteiger partial charge in [0.2, 0.25) is 0 Å². The lowest BCUT2D eigenvalue weighted by Gasteiger charge is -2.44. The molecular weight excluding hydrogens is 711 g/mol. The first-order chi connectivity index (χ1) is 19.5. The molecule has 0 aromatic carbocycles. The fourth-order valence-corrected chi connectivity index (χ4v) is 3.26. The molecular formula is C18H15F21O6. The molecule has 0 unspecified atom stereocenters. The van der Waals surface area contributed by atoms with Crippen LogP contribution in [0.2, 0.25) is 0 Å². The Hall–Kier alpha value is -1.71. The van der Waals surface area contributed by atoms with Gasteiger partial charge in [-0.1, -0.05) is 0 Å². The van der Waals surface area contributed by atoms with Gasteiger partial charge in [-0.15, -0.1) is 0 Å². The van der Waals surface area contributed by atoms with E-state index >= 15 is 0 Å². The van der Waals surface area contributed by atoms with Crippen molar-refractivity contribution in [3.8, 4) is 0 Å². The maximum Gasteiger partial charge on any atom is 0.460 e. The lowest BCUT2D eigenvalue weighted by Crippen LogP contribution is -2.76. The van der Waals surface area contributed by atoms with E-state index < -0.39 is 110 Å². The standard InChI is InChI=1S/C18H15F21O6/c19-9(20,1-2-44-8-7(43)6(42)5(41)4(3-40)45-8)10(21,22)11(23,24)12(25,26)13(27,28)14(29,30)15(31,32)16(33,34)17(35,36)18(37,38)39/h4-8,40-43H,1-3H2/t4-,5-,6+,7-,8-/m1/s1. The topological polar surface area (TPSA) is 99.4 Å². The Kier molecular flexibility index (Phi) is 10.8. The summed E-state index contributed by atoms with van der Waals surface area (Å²) in [6.07, 6.45) is -22.7. The van der Waals surface area contributed by atoms with E-state index in [1.807, 2.05) is 0 Å². The molecule has 0 aromatic heterocycles. The van der Waals surface area contributed by atoms with Crippen molar-refractivity contribution in [2.45, 2.75) is 96.6 Å². The minimum absolute atomic E-state index is 1.25. The predicted octanol–water partition coefficient (Wildman–Crippen LogP) is 4.47. The molecule has 0 aromatic rings. The van der Waals surface area contributed by atoms with E-state index in [9.17, 15) is 108 Å². The molecule has 0 radical (unpaired) electrons. The fourth-order valence-electron chi connectivity index (χ4n) is 3.26. The van der Waals surface area contributed by atoms with Gasteiger partial charge in [0.25, 0.3) is 0 Å². The lowest BCUT2D eigenvalue weighted by atomic mass is 9.86. The van der Waals surface area contributed by atoms with Crippen LogP contribution in [-0.2, 0) is 9.47 Å². The lowest BCUT2D eigenvalue weighted by molar-refractivity contribution is -0.474. The van der Waals surface area contributed by atoms with Crippen molar-refractivity contribution in [2.75, 3.05) is 13.2 Å². The summed E-state index contributed by atoms with van der Waals surface area (Å²) in [7, 11) is 0. The van der Waals surface area contributed by atoms with Gasteiger partial charge in [-0.25, -0.2) is 0 Å². The molecule has 1 saturated heterocycles. The summed E-state index contributed by atoms with van der Waals surface area (Å²) in [6, 6.07) is 0. The highest BCUT2D eigenvalue weighted by molar-refractivity contribution is 5.17. The number of rotatable bonds is 13. The van der Waals surface area contributed by atoms with Crippen LogP contribution in [0, 0.1) is 0 Å². The third-order valence-corrected chi connectivity index (χ3v) is 6.12. The molecule has 1 rings (SSSR count). The molecule has 0 aliphatic carbocycles. The van der Waals surface area contributed by atoms with Gasteiger partial charge in [0.15, 0.2) is 6.29 Å². The number of halogens is 21. The number of aliphatic hydroxyl groups excluding tert-OH is 4. The van der Waals surface area contributed by atoms with Crippen LogP contribution >= 0.6 is 0 Å². The van der Waals surface area contributed by atoms with Crippen LogP contribution in [0.15, 0.2) is 0 Å². The predicted molar refractivity (Wildman–Crippen MR) is 94.9 cm³/mol. The van der Waals surface area contributed by atoms with Crippen molar-refractivity contribution in [2.24, 2.45) is 0 Å². The minimum atomic E-state index is -9.28. The third-order valence-electron chi connectivity index (χ3n) is 6.12. The summed E-state index contributed by atoms with van der Waals surface area (Å²) < 4.78 is 290. The zero-order valence-corrected chi connectivity index (χ0v) is 20.6. The van der Waals surface area contributed by atoms with E-state index in [2.05, 4.69) is 9.47 Å². The van der Waals surface area contributed by atoms with E-state index in [0.29, 0.717) is 0 Å². The normalized spacial score (nSPS) is 25.9. The minimum Gasteiger partial charge on any atom is -0.394 e. The van der Waals surface area contributed by atoms with Crippen LogP contribution in [0.3, 0.4) is 0 Å². The molecule has 1 heterocycles. The van der Waals surface area contributed by atoms with Gasteiger partial charge < -0.3 is 29.9 Å². The second-order valence-corrected chi connectivity index (χ2v) is 9.12. The van der Waals surface area contributed by atoms with Crippen molar-refractivity contribution in [3.63, 3.8) is 0 Å². The number of alkyl halides is 21. The van der Waals surface area contributed by atoms with Crippen LogP contribution in [0.5, 0.6) is 0 Å². The Morgan fingerprint density at radius 1 is 0.467 bits per heavy atom. The van der Waals surface area contributed by atoms with Crippen molar-refractivity contribution in [3.05, 3.63) is 0 Å². The molecule has 27 heteroatoms. The fraction of sp³-hybridized carbons (Fsp3) is 1.00. The van der Waals surface area contributed by atoms with E-state index in [-0.39, 0.29) is 0 Å². The van der Waals surface area contributed by atoms with Crippen molar-refractivity contribution >= 4 is 0 Å². The molecule has 0 bridgehead atoms. The maximum atomic E-state index is 14.0. The van der Waals surface area contributed by atoms with Gasteiger partial charge in [0, 0.05) is 6.42 Å². The van der Waals surface area contributed by atoms with Crippen LogP contribution in [0.4, 0.5) is 92.2 Å². The SMILES string of the molecule is OC[C@H]1O[C@@H](OCCC(F)(F)C(F)(F)C(F)(F)C(F)(F)C(F)(F)C(F)(F)C(F)(F)C(F)(F)C(F)(F)C(F)(F)F)[C@H](O)[C@@H](O)[C@@H]1O. The van der Waals surface area contributed by atoms with Crippen LogP contribution in [0.25, 0.3) is 0 Å². The largest absolute Gasteiger partial charge is 0.460 e. The third kappa shape index (κ3) is 5.85. The molecule has 45 heavy (non-hydrogen) atoms.